The van der Waals surface area contributed by atoms with Crippen LogP contribution in [-0.2, 0) is 16.0 Å². The van der Waals surface area contributed by atoms with E-state index in [1.165, 1.54) is 0 Å². The quantitative estimate of drug-likeness (QED) is 0.850. The number of urea groups is 1. The van der Waals surface area contributed by atoms with Gasteiger partial charge in [0.1, 0.15) is 12.1 Å². The number of hydrogen-bond acceptors (Lipinski definition) is 3. The van der Waals surface area contributed by atoms with Crippen LogP contribution in [0.5, 0.6) is 0 Å². The maximum Gasteiger partial charge on any atom is 0.325 e. The number of rotatable bonds is 4. The first-order valence-electron chi connectivity index (χ1n) is 9.04. The first-order valence-corrected chi connectivity index (χ1v) is 9.04. The summed E-state index contributed by atoms with van der Waals surface area (Å²) in [5.41, 5.74) is 0.981. The average molecular weight is 343 g/mol. The van der Waals surface area contributed by atoms with E-state index < -0.39 is 18.1 Å². The number of amides is 4. The zero-order valence-corrected chi connectivity index (χ0v) is 14.6. The van der Waals surface area contributed by atoms with Gasteiger partial charge in [-0.05, 0) is 25.3 Å². The third-order valence-corrected chi connectivity index (χ3v) is 5.00. The van der Waals surface area contributed by atoms with Crippen LogP contribution in [0.1, 0.15) is 38.2 Å². The molecule has 0 radical (unpaired) electrons. The van der Waals surface area contributed by atoms with Crippen LogP contribution in [0.4, 0.5) is 4.79 Å². The van der Waals surface area contributed by atoms with Crippen LogP contribution < -0.4 is 5.32 Å². The molecule has 0 unspecified atom stereocenters. The summed E-state index contributed by atoms with van der Waals surface area (Å²) in [6, 6.07) is 7.73. The Hall–Kier alpha value is -2.37. The van der Waals surface area contributed by atoms with Crippen LogP contribution in [0.3, 0.4) is 0 Å². The van der Waals surface area contributed by atoms with Gasteiger partial charge in [0, 0.05) is 19.5 Å². The van der Waals surface area contributed by atoms with Crippen molar-refractivity contribution in [2.45, 2.75) is 51.1 Å². The summed E-state index contributed by atoms with van der Waals surface area (Å²) in [6.45, 7) is 3.07. The van der Waals surface area contributed by atoms with Gasteiger partial charge in [0.2, 0.25) is 5.91 Å². The molecule has 0 saturated carbocycles. The Morgan fingerprint density at radius 2 is 1.76 bits per heavy atom. The molecule has 2 aliphatic heterocycles. The Labute approximate surface area is 148 Å². The van der Waals surface area contributed by atoms with E-state index in [2.05, 4.69) is 5.32 Å². The highest BCUT2D eigenvalue weighted by Crippen LogP contribution is 2.18. The number of imide groups is 1. The molecular formula is C19H25N3O3. The minimum Gasteiger partial charge on any atom is -0.341 e. The minimum atomic E-state index is -0.758. The molecule has 1 N–H and O–H groups in total. The molecule has 1 aromatic carbocycles. The summed E-state index contributed by atoms with van der Waals surface area (Å²) in [7, 11) is 0. The summed E-state index contributed by atoms with van der Waals surface area (Å²) in [5, 5.41) is 2.72. The van der Waals surface area contributed by atoms with Crippen molar-refractivity contribution in [3.05, 3.63) is 35.9 Å². The van der Waals surface area contributed by atoms with Gasteiger partial charge in [-0.2, -0.15) is 0 Å². The Bertz CT molecular complexity index is 639. The normalized spacial score (nSPS) is 22.5. The lowest BCUT2D eigenvalue weighted by Crippen LogP contribution is -2.50. The molecular weight excluding hydrogens is 318 g/mol. The zero-order chi connectivity index (χ0) is 17.8. The Morgan fingerprint density at radius 3 is 2.40 bits per heavy atom. The third-order valence-electron chi connectivity index (χ3n) is 5.00. The standard InChI is InChI=1S/C19H25N3O3/c1-14(17(23)21-11-7-2-3-8-12-21)22-18(24)16(20-19(22)25)13-15-9-5-4-6-10-15/h4-6,9-10,14,16H,2-3,7-8,11-13H2,1H3,(H,20,25)/t14-,16-/m0/s1. The van der Waals surface area contributed by atoms with E-state index in [9.17, 15) is 14.4 Å². The van der Waals surface area contributed by atoms with Crippen molar-refractivity contribution >= 4 is 17.8 Å². The number of carbonyl (C=O) groups excluding carboxylic acids is 3. The van der Waals surface area contributed by atoms with E-state index in [4.69, 9.17) is 0 Å². The van der Waals surface area contributed by atoms with Crippen LogP contribution in [0.2, 0.25) is 0 Å². The molecule has 2 saturated heterocycles. The molecule has 1 aromatic rings. The summed E-state index contributed by atoms with van der Waals surface area (Å²) in [4.78, 5) is 40.6. The highest BCUT2D eigenvalue weighted by atomic mass is 16.2. The van der Waals surface area contributed by atoms with Gasteiger partial charge in [0.15, 0.2) is 0 Å². The summed E-state index contributed by atoms with van der Waals surface area (Å²) >= 11 is 0. The molecule has 2 aliphatic rings. The van der Waals surface area contributed by atoms with Crippen LogP contribution in [-0.4, -0.2) is 52.8 Å². The second-order valence-electron chi connectivity index (χ2n) is 6.82. The molecule has 6 nitrogen and oxygen atoms in total. The summed E-state index contributed by atoms with van der Waals surface area (Å²) in [5.74, 6) is -0.449. The van der Waals surface area contributed by atoms with Crippen molar-refractivity contribution in [1.29, 1.82) is 0 Å². The molecule has 25 heavy (non-hydrogen) atoms. The second kappa shape index (κ2) is 7.68. The lowest BCUT2D eigenvalue weighted by Gasteiger charge is -2.28. The average Bonchev–Trinajstić information content (AvgIpc) is 2.81. The van der Waals surface area contributed by atoms with Gasteiger partial charge in [-0.25, -0.2) is 4.79 Å². The van der Waals surface area contributed by atoms with E-state index >= 15 is 0 Å². The first-order chi connectivity index (χ1) is 12.1. The largest absolute Gasteiger partial charge is 0.341 e. The van der Waals surface area contributed by atoms with Crippen LogP contribution >= 0.6 is 0 Å². The Balaban J connectivity index is 1.67. The molecule has 134 valence electrons. The number of hydrogen-bond donors (Lipinski definition) is 1. The fourth-order valence-electron chi connectivity index (χ4n) is 3.57. The van der Waals surface area contributed by atoms with Gasteiger partial charge in [-0.3, -0.25) is 14.5 Å². The van der Waals surface area contributed by atoms with E-state index in [0.717, 1.165) is 36.1 Å². The smallest absolute Gasteiger partial charge is 0.325 e. The SMILES string of the molecule is C[C@@H](C(=O)N1CCCCCC1)N1C(=O)N[C@@H](Cc2ccccc2)C1=O. The summed E-state index contributed by atoms with van der Waals surface area (Å²) < 4.78 is 0. The Kier molecular flexibility index (Phi) is 5.36. The van der Waals surface area contributed by atoms with E-state index in [-0.39, 0.29) is 11.8 Å². The fraction of sp³-hybridized carbons (Fsp3) is 0.526. The van der Waals surface area contributed by atoms with Gasteiger partial charge >= 0.3 is 6.03 Å². The number of likely N-dealkylation sites (tertiary alicyclic amines) is 1. The highest BCUT2D eigenvalue weighted by molar-refractivity contribution is 6.07. The highest BCUT2D eigenvalue weighted by Gasteiger charge is 2.43. The lowest BCUT2D eigenvalue weighted by atomic mass is 10.1. The molecule has 2 heterocycles. The monoisotopic (exact) mass is 343 g/mol. The molecule has 4 amide bonds. The number of benzene rings is 1. The number of carbonyl (C=O) groups is 3. The maximum atomic E-state index is 12.7. The number of nitrogens with zero attached hydrogens (tertiary/aromatic N) is 2. The lowest BCUT2D eigenvalue weighted by molar-refractivity contribution is -0.141. The second-order valence-corrected chi connectivity index (χ2v) is 6.82. The molecule has 3 rings (SSSR count). The van der Waals surface area contributed by atoms with Crippen LogP contribution in [0.15, 0.2) is 30.3 Å². The molecule has 2 fully saturated rings. The molecule has 0 aliphatic carbocycles. The zero-order valence-electron chi connectivity index (χ0n) is 14.6. The van der Waals surface area contributed by atoms with Gasteiger partial charge in [-0.1, -0.05) is 43.2 Å². The van der Waals surface area contributed by atoms with Gasteiger partial charge in [-0.15, -0.1) is 0 Å². The molecule has 2 atom stereocenters. The fourth-order valence-corrected chi connectivity index (χ4v) is 3.57. The van der Waals surface area contributed by atoms with Gasteiger partial charge < -0.3 is 10.2 Å². The predicted molar refractivity (Wildman–Crippen MR) is 93.8 cm³/mol. The van der Waals surface area contributed by atoms with Crippen molar-refractivity contribution in [2.24, 2.45) is 0 Å². The molecule has 6 heteroatoms. The van der Waals surface area contributed by atoms with Gasteiger partial charge in [0.25, 0.3) is 5.91 Å². The molecule has 0 spiro atoms. The van der Waals surface area contributed by atoms with Crippen molar-refractivity contribution in [3.8, 4) is 0 Å². The summed E-state index contributed by atoms with van der Waals surface area (Å²) in [6.07, 6.45) is 4.65. The van der Waals surface area contributed by atoms with E-state index in [0.29, 0.717) is 19.5 Å². The molecule has 0 bridgehead atoms. The van der Waals surface area contributed by atoms with Crippen molar-refractivity contribution in [3.63, 3.8) is 0 Å². The van der Waals surface area contributed by atoms with E-state index in [1.807, 2.05) is 30.3 Å². The predicted octanol–water partition coefficient (Wildman–Crippen LogP) is 1.94. The van der Waals surface area contributed by atoms with Crippen LogP contribution in [0, 0.1) is 0 Å². The minimum absolute atomic E-state index is 0.134. The Morgan fingerprint density at radius 1 is 1.12 bits per heavy atom. The van der Waals surface area contributed by atoms with E-state index in [1.54, 1.807) is 11.8 Å². The van der Waals surface area contributed by atoms with Crippen molar-refractivity contribution in [1.82, 2.24) is 15.1 Å². The van der Waals surface area contributed by atoms with Crippen LogP contribution in [0.25, 0.3) is 0 Å². The first kappa shape index (κ1) is 17.5. The van der Waals surface area contributed by atoms with Crippen molar-refractivity contribution < 1.29 is 14.4 Å². The van der Waals surface area contributed by atoms with Crippen molar-refractivity contribution in [2.75, 3.05) is 13.1 Å². The topological polar surface area (TPSA) is 69.7 Å². The van der Waals surface area contributed by atoms with Gasteiger partial charge in [0.05, 0.1) is 0 Å². The maximum absolute atomic E-state index is 12.7. The molecule has 0 aromatic heterocycles. The number of nitrogens with one attached hydrogen (secondary N) is 1. The third kappa shape index (κ3) is 3.83.